The van der Waals surface area contributed by atoms with Gasteiger partial charge in [-0.2, -0.15) is 22.0 Å². The van der Waals surface area contributed by atoms with Crippen LogP contribution in [0.4, 0.5) is 26.3 Å². The number of alkyl halides is 5. The highest BCUT2D eigenvalue weighted by atomic mass is 35.5. The first-order chi connectivity index (χ1) is 14.5. The molecule has 0 aliphatic carbocycles. The fraction of sp³-hybridized carbons (Fsp3) is 0.150. The predicted molar refractivity (Wildman–Crippen MR) is 100 cm³/mol. The zero-order valence-electron chi connectivity index (χ0n) is 15.4. The fourth-order valence-corrected chi connectivity index (χ4v) is 3.04. The molecule has 162 valence electrons. The van der Waals surface area contributed by atoms with Gasteiger partial charge in [-0.15, -0.1) is 0 Å². The third kappa shape index (κ3) is 5.13. The van der Waals surface area contributed by atoms with Gasteiger partial charge in [0.1, 0.15) is 11.5 Å². The van der Waals surface area contributed by atoms with Gasteiger partial charge in [0.15, 0.2) is 0 Å². The molecule has 0 bridgehead atoms. The maximum absolute atomic E-state index is 14.6. The van der Waals surface area contributed by atoms with Gasteiger partial charge < -0.3 is 5.32 Å². The molecule has 11 heteroatoms. The molecule has 0 saturated heterocycles. The van der Waals surface area contributed by atoms with Crippen LogP contribution in [0, 0.1) is 5.82 Å². The zero-order chi connectivity index (χ0) is 22.8. The zero-order valence-corrected chi connectivity index (χ0v) is 16.1. The maximum Gasteiger partial charge on any atom is 0.417 e. The number of amides is 1. The number of hydrogen-bond donors (Lipinski definition) is 1. The fourth-order valence-electron chi connectivity index (χ4n) is 2.73. The van der Waals surface area contributed by atoms with Crippen LogP contribution in [0.2, 0.25) is 5.02 Å². The van der Waals surface area contributed by atoms with Gasteiger partial charge in [0, 0.05) is 23.5 Å². The molecule has 0 fully saturated rings. The van der Waals surface area contributed by atoms with Crippen LogP contribution in [0.3, 0.4) is 0 Å². The lowest BCUT2D eigenvalue weighted by Crippen LogP contribution is -2.36. The third-order valence-electron chi connectivity index (χ3n) is 4.17. The molecule has 0 atom stereocenters. The van der Waals surface area contributed by atoms with Crippen LogP contribution in [-0.2, 0) is 12.1 Å². The summed E-state index contributed by atoms with van der Waals surface area (Å²) in [6.07, 6.45) is -1.57. The molecule has 1 N–H and O–H groups in total. The van der Waals surface area contributed by atoms with Crippen LogP contribution >= 0.6 is 11.6 Å². The van der Waals surface area contributed by atoms with Gasteiger partial charge in [0.25, 0.3) is 5.91 Å². The van der Waals surface area contributed by atoms with Gasteiger partial charge in [-0.1, -0.05) is 23.7 Å². The molecule has 3 rings (SSSR count). The Balaban J connectivity index is 1.79. The SMILES string of the molecule is O=C(NCC(F)(F)c1ncc(-c2cncc(F)c2)cc1Cl)c1ccccc1C(F)(F)F. The Morgan fingerprint density at radius 1 is 1.00 bits per heavy atom. The monoisotopic (exact) mass is 459 g/mol. The number of hydrogen-bond acceptors (Lipinski definition) is 3. The van der Waals surface area contributed by atoms with Crippen molar-refractivity contribution in [2.45, 2.75) is 12.1 Å². The van der Waals surface area contributed by atoms with Crippen LogP contribution in [-0.4, -0.2) is 22.4 Å². The standard InChI is InChI=1S/C20H12ClF6N3O/c21-16-6-12(11-5-13(22)9-28-7-11)8-29-17(16)19(23,24)10-30-18(31)14-3-1-2-4-15(14)20(25,26)27/h1-9H,10H2,(H,30,31). The maximum atomic E-state index is 14.6. The van der Waals surface area contributed by atoms with E-state index in [0.29, 0.717) is 6.07 Å². The van der Waals surface area contributed by atoms with E-state index in [2.05, 4.69) is 9.97 Å². The van der Waals surface area contributed by atoms with Crippen LogP contribution in [0.15, 0.2) is 55.0 Å². The molecule has 2 heterocycles. The van der Waals surface area contributed by atoms with Crippen LogP contribution in [0.25, 0.3) is 11.1 Å². The molecular formula is C20H12ClF6N3O. The van der Waals surface area contributed by atoms with Crippen molar-refractivity contribution >= 4 is 17.5 Å². The second-order valence-electron chi connectivity index (χ2n) is 6.38. The first-order valence-corrected chi connectivity index (χ1v) is 8.96. The number of pyridine rings is 2. The molecule has 0 unspecified atom stereocenters. The summed E-state index contributed by atoms with van der Waals surface area (Å²) in [6.45, 7) is -1.34. The Labute approximate surface area is 176 Å². The number of nitrogens with zero attached hydrogens (tertiary/aromatic N) is 2. The summed E-state index contributed by atoms with van der Waals surface area (Å²) >= 11 is 5.90. The van der Waals surface area contributed by atoms with E-state index in [-0.39, 0.29) is 11.1 Å². The molecule has 0 spiro atoms. The molecule has 4 nitrogen and oxygen atoms in total. The number of rotatable bonds is 5. The first-order valence-electron chi connectivity index (χ1n) is 8.58. The van der Waals surface area contributed by atoms with Gasteiger partial charge >= 0.3 is 12.1 Å². The van der Waals surface area contributed by atoms with Gasteiger partial charge in [-0.05, 0) is 24.3 Å². The van der Waals surface area contributed by atoms with Gasteiger partial charge in [-0.3, -0.25) is 14.8 Å². The highest BCUT2D eigenvalue weighted by Gasteiger charge is 2.38. The minimum atomic E-state index is -4.83. The highest BCUT2D eigenvalue weighted by molar-refractivity contribution is 6.31. The number of carbonyl (C=O) groups excluding carboxylic acids is 1. The minimum Gasteiger partial charge on any atom is -0.346 e. The molecule has 31 heavy (non-hydrogen) atoms. The van der Waals surface area contributed by atoms with Crippen LogP contribution in [0.1, 0.15) is 21.6 Å². The highest BCUT2D eigenvalue weighted by Crippen LogP contribution is 2.35. The summed E-state index contributed by atoms with van der Waals surface area (Å²) in [5.74, 6) is -5.77. The number of halogens is 7. The molecule has 0 saturated carbocycles. The normalized spacial score (nSPS) is 12.0. The minimum absolute atomic E-state index is 0.222. The largest absolute Gasteiger partial charge is 0.417 e. The quantitative estimate of drug-likeness (QED) is 0.514. The van der Waals surface area contributed by atoms with E-state index in [0.717, 1.165) is 36.7 Å². The lowest BCUT2D eigenvalue weighted by atomic mass is 10.1. The molecule has 0 aliphatic heterocycles. The number of aromatic nitrogens is 2. The molecule has 0 aliphatic rings. The van der Waals surface area contributed by atoms with Crippen molar-refractivity contribution in [3.05, 3.63) is 82.6 Å². The van der Waals surface area contributed by atoms with E-state index in [4.69, 9.17) is 11.6 Å². The number of carbonyl (C=O) groups is 1. The summed E-state index contributed by atoms with van der Waals surface area (Å²) in [6, 6.07) is 6.04. The number of benzene rings is 1. The van der Waals surface area contributed by atoms with Crippen LogP contribution in [0.5, 0.6) is 0 Å². The summed E-state index contributed by atoms with van der Waals surface area (Å²) in [4.78, 5) is 19.3. The second-order valence-corrected chi connectivity index (χ2v) is 6.78. The van der Waals surface area contributed by atoms with Gasteiger partial charge in [0.05, 0.1) is 28.9 Å². The second kappa shape index (κ2) is 8.54. The molecule has 1 aromatic carbocycles. The van der Waals surface area contributed by atoms with Crippen LogP contribution < -0.4 is 5.32 Å². The van der Waals surface area contributed by atoms with Crippen molar-refractivity contribution < 1.29 is 31.1 Å². The van der Waals surface area contributed by atoms with Crippen molar-refractivity contribution in [3.63, 3.8) is 0 Å². The molecule has 2 aromatic heterocycles. The van der Waals surface area contributed by atoms with E-state index >= 15 is 0 Å². The Kier molecular flexibility index (Phi) is 6.21. The summed E-state index contributed by atoms with van der Waals surface area (Å²) in [5.41, 5.74) is -2.47. The van der Waals surface area contributed by atoms with E-state index in [1.165, 1.54) is 12.3 Å². The summed E-state index contributed by atoms with van der Waals surface area (Å²) in [5, 5.41) is 1.31. The van der Waals surface area contributed by atoms with E-state index in [9.17, 15) is 31.1 Å². The third-order valence-corrected chi connectivity index (χ3v) is 4.46. The van der Waals surface area contributed by atoms with Crippen molar-refractivity contribution in [2.75, 3.05) is 6.54 Å². The van der Waals surface area contributed by atoms with Gasteiger partial charge in [0.2, 0.25) is 0 Å². The van der Waals surface area contributed by atoms with Gasteiger partial charge in [-0.25, -0.2) is 4.39 Å². The smallest absolute Gasteiger partial charge is 0.346 e. The lowest BCUT2D eigenvalue weighted by Gasteiger charge is -2.19. The van der Waals surface area contributed by atoms with E-state index in [1.807, 2.05) is 0 Å². The molecule has 3 aromatic rings. The average molecular weight is 460 g/mol. The predicted octanol–water partition coefficient (Wildman–Crippen LogP) is 5.48. The topological polar surface area (TPSA) is 54.9 Å². The Morgan fingerprint density at radius 3 is 2.32 bits per heavy atom. The Hall–Kier alpha value is -3.14. The Bertz CT molecular complexity index is 1120. The van der Waals surface area contributed by atoms with Crippen molar-refractivity contribution in [1.29, 1.82) is 0 Å². The van der Waals surface area contributed by atoms with E-state index < -0.39 is 52.2 Å². The lowest BCUT2D eigenvalue weighted by molar-refractivity contribution is -0.137. The first kappa shape index (κ1) is 22.5. The molecular weight excluding hydrogens is 448 g/mol. The summed E-state index contributed by atoms with van der Waals surface area (Å²) < 4.78 is 81.5. The average Bonchev–Trinajstić information content (AvgIpc) is 2.71. The summed E-state index contributed by atoms with van der Waals surface area (Å²) in [7, 11) is 0. The molecule has 1 amide bonds. The van der Waals surface area contributed by atoms with Crippen molar-refractivity contribution in [3.8, 4) is 11.1 Å². The van der Waals surface area contributed by atoms with Crippen molar-refractivity contribution in [1.82, 2.24) is 15.3 Å². The number of nitrogens with one attached hydrogen (secondary N) is 1. The van der Waals surface area contributed by atoms with E-state index in [1.54, 1.807) is 5.32 Å². The van der Waals surface area contributed by atoms with Crippen molar-refractivity contribution in [2.24, 2.45) is 0 Å². The Morgan fingerprint density at radius 2 is 1.68 bits per heavy atom. The molecule has 0 radical (unpaired) electrons.